The molecule has 1 saturated heterocycles. The number of carboxylic acid groups (broad SMARTS) is 1. The second kappa shape index (κ2) is 6.75. The van der Waals surface area contributed by atoms with E-state index < -0.39 is 5.97 Å². The summed E-state index contributed by atoms with van der Waals surface area (Å²) in [7, 11) is 0. The second-order valence-corrected chi connectivity index (χ2v) is 5.90. The van der Waals surface area contributed by atoms with Gasteiger partial charge in [-0.15, -0.1) is 0 Å². The van der Waals surface area contributed by atoms with Crippen LogP contribution < -0.4 is 5.32 Å². The Kier molecular flexibility index (Phi) is 5.60. The van der Waals surface area contributed by atoms with Crippen molar-refractivity contribution >= 4 is 12.0 Å². The number of rotatable bonds is 4. The first-order valence-corrected chi connectivity index (χ1v) is 6.67. The minimum Gasteiger partial charge on any atom is -0.481 e. The highest BCUT2D eigenvalue weighted by atomic mass is 16.5. The minimum absolute atomic E-state index is 0.00224. The van der Waals surface area contributed by atoms with E-state index >= 15 is 0 Å². The molecule has 19 heavy (non-hydrogen) atoms. The molecule has 0 saturated carbocycles. The van der Waals surface area contributed by atoms with Crippen molar-refractivity contribution in [1.29, 1.82) is 0 Å². The normalized spacial score (nSPS) is 20.2. The largest absolute Gasteiger partial charge is 0.481 e. The summed E-state index contributed by atoms with van der Waals surface area (Å²) in [5.41, 5.74) is 0.00224. The number of amides is 2. The third-order valence-electron chi connectivity index (χ3n) is 3.16. The summed E-state index contributed by atoms with van der Waals surface area (Å²) in [5, 5.41) is 11.3. The van der Waals surface area contributed by atoms with Gasteiger partial charge in [-0.05, 0) is 11.8 Å². The zero-order valence-corrected chi connectivity index (χ0v) is 11.9. The molecule has 0 radical (unpaired) electrons. The first-order chi connectivity index (χ1) is 8.80. The molecule has 0 bridgehead atoms. The number of hydrogen-bond acceptors (Lipinski definition) is 3. The van der Waals surface area contributed by atoms with Crippen LogP contribution in [0.15, 0.2) is 0 Å². The number of nitrogens with one attached hydrogen (secondary N) is 1. The van der Waals surface area contributed by atoms with Gasteiger partial charge in [-0.3, -0.25) is 4.79 Å². The van der Waals surface area contributed by atoms with Crippen molar-refractivity contribution in [2.75, 3.05) is 26.2 Å². The van der Waals surface area contributed by atoms with Gasteiger partial charge in [-0.25, -0.2) is 4.79 Å². The molecule has 1 atom stereocenters. The first-order valence-electron chi connectivity index (χ1n) is 6.67. The van der Waals surface area contributed by atoms with Crippen LogP contribution in [0.4, 0.5) is 4.79 Å². The van der Waals surface area contributed by atoms with Crippen LogP contribution in [0.3, 0.4) is 0 Å². The van der Waals surface area contributed by atoms with E-state index in [1.165, 1.54) is 0 Å². The molecule has 0 aromatic rings. The summed E-state index contributed by atoms with van der Waals surface area (Å²) in [6.07, 6.45) is 0.563. The number of morpholine rings is 1. The molecule has 0 spiro atoms. The summed E-state index contributed by atoms with van der Waals surface area (Å²) < 4.78 is 5.68. The van der Waals surface area contributed by atoms with E-state index in [0.29, 0.717) is 32.7 Å². The summed E-state index contributed by atoms with van der Waals surface area (Å²) in [6.45, 7) is 8.36. The van der Waals surface area contributed by atoms with Crippen molar-refractivity contribution in [3.05, 3.63) is 0 Å². The number of ether oxygens (including phenoxy) is 1. The molecule has 1 aliphatic heterocycles. The van der Waals surface area contributed by atoms with Crippen LogP contribution >= 0.6 is 0 Å². The van der Waals surface area contributed by atoms with Gasteiger partial charge in [0, 0.05) is 26.1 Å². The number of carbonyl (C=O) groups excluding carboxylic acids is 1. The number of hydrogen-bond donors (Lipinski definition) is 2. The van der Waals surface area contributed by atoms with E-state index in [-0.39, 0.29) is 24.0 Å². The molecular formula is C13H24N2O4. The molecule has 6 heteroatoms. The number of aliphatic carboxylic acids is 1. The third kappa shape index (κ3) is 5.46. The average Bonchev–Trinajstić information content (AvgIpc) is 2.33. The maximum Gasteiger partial charge on any atom is 0.317 e. The minimum atomic E-state index is -0.839. The van der Waals surface area contributed by atoms with Crippen molar-refractivity contribution in [3.63, 3.8) is 0 Å². The van der Waals surface area contributed by atoms with Gasteiger partial charge < -0.3 is 20.1 Å². The van der Waals surface area contributed by atoms with Gasteiger partial charge >= 0.3 is 12.0 Å². The van der Waals surface area contributed by atoms with Crippen LogP contribution in [0.25, 0.3) is 0 Å². The molecule has 2 amide bonds. The van der Waals surface area contributed by atoms with Crippen molar-refractivity contribution in [2.45, 2.75) is 39.7 Å². The Morgan fingerprint density at radius 1 is 1.42 bits per heavy atom. The molecular weight excluding hydrogens is 248 g/mol. The standard InChI is InChI=1S/C13H24N2O4/c1-13(2,3)10-9-15(7-8-19-10)12(18)14-6-4-5-11(16)17/h10H,4-9H2,1-3H3,(H,14,18)(H,16,17). The summed E-state index contributed by atoms with van der Waals surface area (Å²) in [6, 6.07) is -0.136. The van der Waals surface area contributed by atoms with E-state index in [1.54, 1.807) is 4.90 Å². The van der Waals surface area contributed by atoms with Crippen molar-refractivity contribution in [1.82, 2.24) is 10.2 Å². The zero-order chi connectivity index (χ0) is 14.5. The maximum atomic E-state index is 11.9. The van der Waals surface area contributed by atoms with Gasteiger partial charge in [-0.2, -0.15) is 0 Å². The van der Waals surface area contributed by atoms with Gasteiger partial charge in [0.15, 0.2) is 0 Å². The van der Waals surface area contributed by atoms with Crippen LogP contribution in [0.5, 0.6) is 0 Å². The van der Waals surface area contributed by atoms with Crippen molar-refractivity contribution in [2.24, 2.45) is 5.41 Å². The van der Waals surface area contributed by atoms with Crippen LogP contribution in [0, 0.1) is 5.41 Å². The fourth-order valence-electron chi connectivity index (χ4n) is 1.90. The first kappa shape index (κ1) is 15.8. The predicted octanol–water partition coefficient (Wildman–Crippen LogP) is 1.31. The molecule has 1 fully saturated rings. The predicted molar refractivity (Wildman–Crippen MR) is 71.0 cm³/mol. The quantitative estimate of drug-likeness (QED) is 0.756. The van der Waals surface area contributed by atoms with E-state index in [1.807, 2.05) is 0 Å². The number of nitrogens with zero attached hydrogens (tertiary/aromatic N) is 1. The summed E-state index contributed by atoms with van der Waals surface area (Å²) >= 11 is 0. The lowest BCUT2D eigenvalue weighted by Crippen LogP contribution is -2.53. The van der Waals surface area contributed by atoms with Crippen molar-refractivity contribution < 1.29 is 19.4 Å². The SMILES string of the molecule is CC(C)(C)C1CN(C(=O)NCCCC(=O)O)CCO1. The molecule has 1 aliphatic rings. The fraction of sp³-hybridized carbons (Fsp3) is 0.846. The van der Waals surface area contributed by atoms with E-state index in [9.17, 15) is 9.59 Å². The number of carbonyl (C=O) groups is 2. The Labute approximate surface area is 114 Å². The zero-order valence-electron chi connectivity index (χ0n) is 11.9. The molecule has 0 aromatic carbocycles. The lowest BCUT2D eigenvalue weighted by atomic mass is 9.88. The van der Waals surface area contributed by atoms with Crippen LogP contribution in [0.1, 0.15) is 33.6 Å². The Balaban J connectivity index is 2.34. The Hall–Kier alpha value is -1.30. The summed E-state index contributed by atoms with van der Waals surface area (Å²) in [5.74, 6) is -0.839. The van der Waals surface area contributed by atoms with Gasteiger partial charge in [0.1, 0.15) is 0 Å². The van der Waals surface area contributed by atoms with Crippen LogP contribution in [0.2, 0.25) is 0 Å². The molecule has 1 heterocycles. The Morgan fingerprint density at radius 2 is 2.11 bits per heavy atom. The lowest BCUT2D eigenvalue weighted by molar-refractivity contribution is -0.137. The highest BCUT2D eigenvalue weighted by molar-refractivity contribution is 5.74. The van der Waals surface area contributed by atoms with Gasteiger partial charge in [0.25, 0.3) is 0 Å². The topological polar surface area (TPSA) is 78.9 Å². The average molecular weight is 272 g/mol. The van der Waals surface area contributed by atoms with E-state index in [0.717, 1.165) is 0 Å². The van der Waals surface area contributed by atoms with Crippen LogP contribution in [-0.4, -0.2) is 54.4 Å². The highest BCUT2D eigenvalue weighted by Crippen LogP contribution is 2.25. The Morgan fingerprint density at radius 3 is 2.68 bits per heavy atom. The second-order valence-electron chi connectivity index (χ2n) is 5.90. The van der Waals surface area contributed by atoms with Crippen molar-refractivity contribution in [3.8, 4) is 0 Å². The third-order valence-corrected chi connectivity index (χ3v) is 3.16. The molecule has 2 N–H and O–H groups in total. The maximum absolute atomic E-state index is 11.9. The highest BCUT2D eigenvalue weighted by Gasteiger charge is 2.32. The molecule has 110 valence electrons. The lowest BCUT2D eigenvalue weighted by Gasteiger charge is -2.39. The van der Waals surface area contributed by atoms with E-state index in [2.05, 4.69) is 26.1 Å². The molecule has 6 nitrogen and oxygen atoms in total. The van der Waals surface area contributed by atoms with E-state index in [4.69, 9.17) is 9.84 Å². The van der Waals surface area contributed by atoms with Gasteiger partial charge in [0.05, 0.1) is 12.7 Å². The molecule has 1 rings (SSSR count). The summed E-state index contributed by atoms with van der Waals surface area (Å²) in [4.78, 5) is 24.0. The molecule has 1 unspecified atom stereocenters. The Bertz CT molecular complexity index is 325. The smallest absolute Gasteiger partial charge is 0.317 e. The van der Waals surface area contributed by atoms with Crippen LogP contribution in [-0.2, 0) is 9.53 Å². The monoisotopic (exact) mass is 272 g/mol. The fourth-order valence-corrected chi connectivity index (χ4v) is 1.90. The van der Waals surface area contributed by atoms with Gasteiger partial charge in [0.2, 0.25) is 0 Å². The molecule has 0 aliphatic carbocycles. The number of urea groups is 1. The van der Waals surface area contributed by atoms with Gasteiger partial charge in [-0.1, -0.05) is 20.8 Å². The molecule has 0 aromatic heterocycles. The number of carboxylic acids is 1.